The highest BCUT2D eigenvalue weighted by molar-refractivity contribution is 5.90. The first-order valence-corrected chi connectivity index (χ1v) is 7.92. The second-order valence-corrected chi connectivity index (χ2v) is 5.56. The van der Waals surface area contributed by atoms with Gasteiger partial charge in [0.25, 0.3) is 5.56 Å². The fourth-order valence-electron chi connectivity index (χ4n) is 2.57. The van der Waals surface area contributed by atoms with Gasteiger partial charge in [-0.25, -0.2) is 18.3 Å². The second kappa shape index (κ2) is 7.66. The molecule has 0 spiro atoms. The maximum Gasteiger partial charge on any atom is 0.319 e. The molecule has 2 amide bonds. The van der Waals surface area contributed by atoms with Crippen LogP contribution in [0.5, 0.6) is 0 Å². The molecule has 0 saturated heterocycles. The van der Waals surface area contributed by atoms with Crippen molar-refractivity contribution in [1.82, 2.24) is 15.1 Å². The normalized spacial score (nSPS) is 10.4. The summed E-state index contributed by atoms with van der Waals surface area (Å²) in [5, 5.41) is 9.72. The number of aromatic nitrogens is 2. The van der Waals surface area contributed by atoms with Crippen LogP contribution in [0.1, 0.15) is 5.69 Å². The number of nitrogens with zero attached hydrogens (tertiary/aromatic N) is 2. The smallest absolute Gasteiger partial charge is 0.319 e. The number of terminal acetylenes is 1. The van der Waals surface area contributed by atoms with Crippen LogP contribution in [0.25, 0.3) is 10.8 Å². The average molecular weight is 368 g/mol. The van der Waals surface area contributed by atoms with Crippen molar-refractivity contribution in [3.63, 3.8) is 0 Å². The van der Waals surface area contributed by atoms with E-state index >= 15 is 0 Å². The summed E-state index contributed by atoms with van der Waals surface area (Å²) in [4.78, 5) is 24.4. The highest BCUT2D eigenvalue weighted by atomic mass is 19.1. The van der Waals surface area contributed by atoms with Gasteiger partial charge in [-0.3, -0.25) is 4.79 Å². The van der Waals surface area contributed by atoms with E-state index in [0.717, 1.165) is 16.8 Å². The van der Waals surface area contributed by atoms with Crippen molar-refractivity contribution in [2.24, 2.45) is 0 Å². The Kier molecular flexibility index (Phi) is 5.13. The maximum atomic E-state index is 13.6. The zero-order valence-corrected chi connectivity index (χ0v) is 14.0. The molecule has 0 radical (unpaired) electrons. The van der Waals surface area contributed by atoms with E-state index in [1.165, 1.54) is 6.07 Å². The molecule has 3 aromatic rings. The molecular weight excluding hydrogens is 354 g/mol. The number of carbonyl (C=O) groups is 1. The van der Waals surface area contributed by atoms with Crippen molar-refractivity contribution >= 4 is 22.5 Å². The molecular formula is C19H14F2N4O2. The number of hydrogen-bond donors (Lipinski definition) is 2. The van der Waals surface area contributed by atoms with Gasteiger partial charge in [-0.2, -0.15) is 5.10 Å². The van der Waals surface area contributed by atoms with Crippen LogP contribution < -0.4 is 16.2 Å². The first kappa shape index (κ1) is 18.1. The molecule has 3 rings (SSSR count). The zero-order chi connectivity index (χ0) is 19.4. The van der Waals surface area contributed by atoms with E-state index in [1.807, 2.05) is 0 Å². The van der Waals surface area contributed by atoms with Crippen LogP contribution in [0.4, 0.5) is 19.3 Å². The quantitative estimate of drug-likeness (QED) is 0.695. The molecule has 2 N–H and O–H groups in total. The third-order valence-electron chi connectivity index (χ3n) is 3.80. The van der Waals surface area contributed by atoms with Crippen molar-refractivity contribution in [2.75, 3.05) is 5.32 Å². The number of hydrogen-bond acceptors (Lipinski definition) is 3. The maximum absolute atomic E-state index is 13.6. The third kappa shape index (κ3) is 3.77. The summed E-state index contributed by atoms with van der Waals surface area (Å²) in [6.07, 6.45) is 5.26. The van der Waals surface area contributed by atoms with Gasteiger partial charge in [0.15, 0.2) is 0 Å². The summed E-state index contributed by atoms with van der Waals surface area (Å²) in [5.41, 5.74) is -0.500. The molecule has 0 bridgehead atoms. The van der Waals surface area contributed by atoms with Crippen molar-refractivity contribution in [3.05, 3.63) is 70.1 Å². The van der Waals surface area contributed by atoms with E-state index < -0.39 is 23.4 Å². The lowest BCUT2D eigenvalue weighted by molar-refractivity contribution is 0.251. The van der Waals surface area contributed by atoms with Crippen LogP contribution in [0.3, 0.4) is 0 Å². The molecule has 27 heavy (non-hydrogen) atoms. The number of rotatable bonds is 4. The molecule has 6 nitrogen and oxygen atoms in total. The Morgan fingerprint density at radius 2 is 1.78 bits per heavy atom. The number of benzene rings is 2. The molecule has 0 saturated carbocycles. The molecule has 0 aliphatic rings. The van der Waals surface area contributed by atoms with Gasteiger partial charge in [0.1, 0.15) is 23.9 Å². The number of para-hydroxylation sites is 1. The zero-order valence-electron chi connectivity index (χ0n) is 14.0. The number of nitrogens with one attached hydrogen (secondary N) is 2. The summed E-state index contributed by atoms with van der Waals surface area (Å²) < 4.78 is 28.3. The van der Waals surface area contributed by atoms with Gasteiger partial charge in [0.2, 0.25) is 0 Å². The number of anilines is 1. The van der Waals surface area contributed by atoms with Crippen LogP contribution in [0, 0.1) is 24.0 Å². The number of halogens is 2. The molecule has 1 aromatic heterocycles. The lowest BCUT2D eigenvalue weighted by Crippen LogP contribution is -2.31. The fourth-order valence-corrected chi connectivity index (χ4v) is 2.57. The minimum absolute atomic E-state index is 0.0245. The number of amides is 2. The van der Waals surface area contributed by atoms with Crippen LogP contribution in [-0.4, -0.2) is 15.8 Å². The molecule has 0 aliphatic carbocycles. The Morgan fingerprint density at radius 1 is 1.11 bits per heavy atom. The van der Waals surface area contributed by atoms with E-state index in [2.05, 4.69) is 21.7 Å². The summed E-state index contributed by atoms with van der Waals surface area (Å²) in [7, 11) is 0. The topological polar surface area (TPSA) is 76.0 Å². The Hall–Kier alpha value is -3.73. The van der Waals surface area contributed by atoms with E-state index in [0.29, 0.717) is 16.5 Å². The molecule has 8 heteroatoms. The minimum atomic E-state index is -0.892. The van der Waals surface area contributed by atoms with Gasteiger partial charge in [0.05, 0.1) is 17.6 Å². The van der Waals surface area contributed by atoms with E-state index in [4.69, 9.17) is 6.42 Å². The molecule has 0 unspecified atom stereocenters. The van der Waals surface area contributed by atoms with Gasteiger partial charge < -0.3 is 10.6 Å². The Morgan fingerprint density at radius 3 is 2.44 bits per heavy atom. The molecule has 0 fully saturated rings. The standard InChI is InChI=1S/C19H14F2N4O2/c1-2-10-25-18(26)13-7-4-3-6-12(13)16(24-25)11-22-19(27)23-17-14(20)8-5-9-15(17)21/h1,3-9H,10-11H2,(H2,22,23,27). The molecule has 136 valence electrons. The van der Waals surface area contributed by atoms with Crippen LogP contribution in [-0.2, 0) is 13.1 Å². The molecule has 2 aromatic carbocycles. The lowest BCUT2D eigenvalue weighted by Gasteiger charge is -2.11. The largest absolute Gasteiger partial charge is 0.332 e. The van der Waals surface area contributed by atoms with Crippen LogP contribution in [0.15, 0.2) is 47.3 Å². The van der Waals surface area contributed by atoms with Crippen LogP contribution >= 0.6 is 0 Å². The first-order chi connectivity index (χ1) is 13.0. The SMILES string of the molecule is C#CCn1nc(CNC(=O)Nc2c(F)cccc2F)c2ccccc2c1=O. The van der Waals surface area contributed by atoms with E-state index in [1.54, 1.807) is 24.3 Å². The molecule has 0 aliphatic heterocycles. The number of carbonyl (C=O) groups excluding carboxylic acids is 1. The average Bonchev–Trinajstić information content (AvgIpc) is 2.66. The van der Waals surface area contributed by atoms with Crippen LogP contribution in [0.2, 0.25) is 0 Å². The van der Waals surface area contributed by atoms with E-state index in [9.17, 15) is 18.4 Å². The second-order valence-electron chi connectivity index (χ2n) is 5.56. The summed E-state index contributed by atoms with van der Waals surface area (Å²) in [6, 6.07) is 9.19. The van der Waals surface area contributed by atoms with Gasteiger partial charge in [0, 0.05) is 5.39 Å². The van der Waals surface area contributed by atoms with Crippen molar-refractivity contribution in [2.45, 2.75) is 13.1 Å². The van der Waals surface area contributed by atoms with Crippen molar-refractivity contribution in [1.29, 1.82) is 0 Å². The fraction of sp³-hybridized carbons (Fsp3) is 0.105. The number of urea groups is 1. The van der Waals surface area contributed by atoms with Gasteiger partial charge >= 0.3 is 6.03 Å². The van der Waals surface area contributed by atoms with E-state index in [-0.39, 0.29) is 18.6 Å². The van der Waals surface area contributed by atoms with Gasteiger partial charge in [-0.05, 0) is 18.2 Å². The predicted octanol–water partition coefficient (Wildman–Crippen LogP) is 2.63. The van der Waals surface area contributed by atoms with Gasteiger partial charge in [-0.1, -0.05) is 30.2 Å². The monoisotopic (exact) mass is 368 g/mol. The van der Waals surface area contributed by atoms with Gasteiger partial charge in [-0.15, -0.1) is 6.42 Å². The van der Waals surface area contributed by atoms with Crippen molar-refractivity contribution < 1.29 is 13.6 Å². The Bertz CT molecular complexity index is 1100. The highest BCUT2D eigenvalue weighted by Gasteiger charge is 2.14. The minimum Gasteiger partial charge on any atom is -0.332 e. The molecule has 1 heterocycles. The summed E-state index contributed by atoms with van der Waals surface area (Å²) in [5.74, 6) is 0.560. The Balaban J connectivity index is 1.84. The van der Waals surface area contributed by atoms with Crippen molar-refractivity contribution in [3.8, 4) is 12.3 Å². The summed E-state index contributed by atoms with van der Waals surface area (Å²) >= 11 is 0. The number of fused-ring (bicyclic) bond motifs is 1. The summed E-state index contributed by atoms with van der Waals surface area (Å²) in [6.45, 7) is -0.101. The first-order valence-electron chi connectivity index (χ1n) is 7.92. The third-order valence-corrected chi connectivity index (χ3v) is 3.80. The lowest BCUT2D eigenvalue weighted by atomic mass is 10.1. The molecule has 0 atom stereocenters. The predicted molar refractivity (Wildman–Crippen MR) is 97.1 cm³/mol. The highest BCUT2D eigenvalue weighted by Crippen LogP contribution is 2.18. The Labute approximate surface area is 152 Å².